The Morgan fingerprint density at radius 1 is 0.943 bits per heavy atom. The molecular formula is C23H20F3N3O6. The monoisotopic (exact) mass is 491 g/mol. The third-order valence-corrected chi connectivity index (χ3v) is 4.79. The van der Waals surface area contributed by atoms with Crippen LogP contribution in [0.4, 0.5) is 18.9 Å². The molecule has 2 aromatic rings. The number of halogens is 3. The molecule has 1 aliphatic heterocycles. The molecule has 0 saturated heterocycles. The van der Waals surface area contributed by atoms with E-state index in [1.807, 2.05) is 0 Å². The van der Waals surface area contributed by atoms with Crippen LogP contribution in [0, 0.1) is 0 Å². The van der Waals surface area contributed by atoms with Crippen LogP contribution in [0.1, 0.15) is 23.0 Å². The first-order chi connectivity index (χ1) is 16.6. The quantitative estimate of drug-likeness (QED) is 0.447. The summed E-state index contributed by atoms with van der Waals surface area (Å²) in [5.74, 6) is -2.77. The summed E-state index contributed by atoms with van der Waals surface area (Å²) >= 11 is 0. The number of carbonyl (C=O) groups is 3. The first kappa shape index (κ1) is 25.3. The van der Waals surface area contributed by atoms with Crippen molar-refractivity contribution in [1.29, 1.82) is 0 Å². The van der Waals surface area contributed by atoms with Gasteiger partial charge in [-0.05, 0) is 43.3 Å². The summed E-state index contributed by atoms with van der Waals surface area (Å²) in [6.45, 7) is 1.38. The van der Waals surface area contributed by atoms with E-state index in [2.05, 4.69) is 5.10 Å². The highest BCUT2D eigenvalue weighted by molar-refractivity contribution is 6.05. The van der Waals surface area contributed by atoms with Crippen LogP contribution < -0.4 is 4.90 Å². The molecule has 2 heterocycles. The maximum absolute atomic E-state index is 13.8. The maximum atomic E-state index is 13.8. The summed E-state index contributed by atoms with van der Waals surface area (Å²) in [7, 11) is 2.30. The summed E-state index contributed by atoms with van der Waals surface area (Å²) in [5, 5.41) is 3.73. The molecule has 0 amide bonds. The maximum Gasteiger partial charge on any atom is 0.434 e. The number of methoxy groups -OCH3 is 2. The second-order valence-corrected chi connectivity index (χ2v) is 6.87. The number of ether oxygens (including phenoxy) is 3. The van der Waals surface area contributed by atoms with E-state index in [0.29, 0.717) is 10.4 Å². The van der Waals surface area contributed by atoms with E-state index < -0.39 is 35.3 Å². The Labute approximate surface area is 197 Å². The lowest BCUT2D eigenvalue weighted by Crippen LogP contribution is -2.27. The van der Waals surface area contributed by atoms with Gasteiger partial charge in [0.2, 0.25) is 0 Å². The van der Waals surface area contributed by atoms with Crippen LogP contribution in [0.15, 0.2) is 66.2 Å². The molecule has 1 aromatic heterocycles. The molecule has 35 heavy (non-hydrogen) atoms. The molecule has 1 aliphatic rings. The normalized spacial score (nSPS) is 13.5. The second kappa shape index (κ2) is 10.3. The van der Waals surface area contributed by atoms with Gasteiger partial charge in [-0.25, -0.2) is 19.1 Å². The zero-order chi connectivity index (χ0) is 25.8. The van der Waals surface area contributed by atoms with Crippen LogP contribution in [0.3, 0.4) is 0 Å². The summed E-state index contributed by atoms with van der Waals surface area (Å²) in [4.78, 5) is 38.1. The first-order valence-electron chi connectivity index (χ1n) is 10.1. The van der Waals surface area contributed by atoms with Crippen molar-refractivity contribution in [3.63, 3.8) is 0 Å². The highest BCUT2D eigenvalue weighted by Gasteiger charge is 2.41. The molecular weight excluding hydrogens is 471 g/mol. The third-order valence-electron chi connectivity index (χ3n) is 4.79. The minimum atomic E-state index is -4.90. The largest absolute Gasteiger partial charge is 0.465 e. The zero-order valence-corrected chi connectivity index (χ0v) is 18.8. The van der Waals surface area contributed by atoms with E-state index in [0.717, 1.165) is 20.4 Å². The van der Waals surface area contributed by atoms with E-state index in [1.54, 1.807) is 6.08 Å². The predicted octanol–water partition coefficient (Wildman–Crippen LogP) is 3.56. The highest BCUT2D eigenvalue weighted by Crippen LogP contribution is 2.35. The molecule has 12 heteroatoms. The van der Waals surface area contributed by atoms with Crippen molar-refractivity contribution >= 4 is 23.6 Å². The number of alkyl halides is 3. The lowest BCUT2D eigenvalue weighted by molar-refractivity contribution is -0.143. The lowest BCUT2D eigenvalue weighted by atomic mass is 10.1. The number of anilines is 1. The fraction of sp³-hybridized carbons (Fsp3) is 0.217. The van der Waals surface area contributed by atoms with Gasteiger partial charge in [0.05, 0.1) is 38.3 Å². The lowest BCUT2D eigenvalue weighted by Gasteiger charge is -2.23. The van der Waals surface area contributed by atoms with Crippen molar-refractivity contribution in [2.24, 2.45) is 0 Å². The van der Waals surface area contributed by atoms with Crippen molar-refractivity contribution < 1.29 is 41.8 Å². The Morgan fingerprint density at radius 3 is 2.14 bits per heavy atom. The number of carbonyl (C=O) groups excluding carboxylic acids is 3. The Morgan fingerprint density at radius 2 is 1.57 bits per heavy atom. The van der Waals surface area contributed by atoms with Crippen molar-refractivity contribution in [1.82, 2.24) is 9.78 Å². The van der Waals surface area contributed by atoms with Crippen LogP contribution in [0.2, 0.25) is 0 Å². The van der Waals surface area contributed by atoms with Gasteiger partial charge in [0.15, 0.2) is 5.69 Å². The van der Waals surface area contributed by atoms with E-state index >= 15 is 0 Å². The van der Waals surface area contributed by atoms with Gasteiger partial charge in [-0.3, -0.25) is 0 Å². The van der Waals surface area contributed by atoms with Crippen LogP contribution >= 0.6 is 0 Å². The molecule has 0 aliphatic carbocycles. The average molecular weight is 491 g/mol. The minimum Gasteiger partial charge on any atom is -0.465 e. The Hall–Kier alpha value is -4.35. The highest BCUT2D eigenvalue weighted by atomic mass is 19.4. The standard InChI is InChI=1S/C23H20F3N3O6/c1-4-35-21(31)17-13-27-29(19(17)23(24,25)26)15-10-8-14(9-11-15)28-12-6-5-7-16(20(30)33-2)18(28)22(32)34-3/h5-13H,4H2,1-3H3. The zero-order valence-electron chi connectivity index (χ0n) is 18.8. The Bertz CT molecular complexity index is 1230. The molecule has 0 spiro atoms. The van der Waals surface area contributed by atoms with Gasteiger partial charge in [0.1, 0.15) is 11.3 Å². The van der Waals surface area contributed by atoms with Gasteiger partial charge < -0.3 is 19.1 Å². The Kier molecular flexibility index (Phi) is 7.43. The van der Waals surface area contributed by atoms with Gasteiger partial charge in [-0.1, -0.05) is 6.08 Å². The van der Waals surface area contributed by atoms with E-state index in [9.17, 15) is 27.6 Å². The molecule has 3 rings (SSSR count). The molecule has 1 aromatic carbocycles. The first-order valence-corrected chi connectivity index (χ1v) is 10.1. The molecule has 0 fully saturated rings. The molecule has 0 N–H and O–H groups in total. The van der Waals surface area contributed by atoms with E-state index in [-0.39, 0.29) is 23.6 Å². The van der Waals surface area contributed by atoms with Gasteiger partial charge in [0, 0.05) is 11.9 Å². The SMILES string of the molecule is CCOC(=O)c1cnn(-c2ccc(N3C=CC=CC(C(=O)OC)=C3C(=O)OC)cc2)c1C(F)(F)F. The van der Waals surface area contributed by atoms with Gasteiger partial charge in [-0.15, -0.1) is 0 Å². The molecule has 0 atom stereocenters. The average Bonchev–Trinajstić information content (AvgIpc) is 3.18. The number of hydrogen-bond donors (Lipinski definition) is 0. The number of nitrogens with zero attached hydrogens (tertiary/aromatic N) is 3. The number of aromatic nitrogens is 2. The molecule has 0 bridgehead atoms. The summed E-state index contributed by atoms with van der Waals surface area (Å²) in [6.07, 6.45) is 1.81. The number of rotatable bonds is 6. The van der Waals surface area contributed by atoms with Crippen LogP contribution in [0.25, 0.3) is 5.69 Å². The van der Waals surface area contributed by atoms with Crippen LogP contribution in [-0.4, -0.2) is 48.5 Å². The summed E-state index contributed by atoms with van der Waals surface area (Å²) < 4.78 is 56.2. The van der Waals surface area contributed by atoms with Gasteiger partial charge in [-0.2, -0.15) is 18.3 Å². The van der Waals surface area contributed by atoms with Gasteiger partial charge >= 0.3 is 24.1 Å². The molecule has 0 unspecified atom stereocenters. The number of benzene rings is 1. The third kappa shape index (κ3) is 5.10. The number of esters is 3. The predicted molar refractivity (Wildman–Crippen MR) is 116 cm³/mol. The number of hydrogen-bond acceptors (Lipinski definition) is 8. The topological polar surface area (TPSA) is 100.0 Å². The van der Waals surface area contributed by atoms with E-state index in [1.165, 1.54) is 54.4 Å². The van der Waals surface area contributed by atoms with Gasteiger partial charge in [0.25, 0.3) is 0 Å². The molecule has 184 valence electrons. The molecule has 0 saturated carbocycles. The van der Waals surface area contributed by atoms with Crippen LogP contribution in [0.5, 0.6) is 0 Å². The second-order valence-electron chi connectivity index (χ2n) is 6.87. The summed E-state index contributed by atoms with van der Waals surface area (Å²) in [6, 6.07) is 5.44. The smallest absolute Gasteiger partial charge is 0.434 e. The van der Waals surface area contributed by atoms with Crippen LogP contribution in [-0.2, 0) is 30.0 Å². The molecule has 9 nitrogen and oxygen atoms in total. The fourth-order valence-electron chi connectivity index (χ4n) is 3.30. The molecule has 0 radical (unpaired) electrons. The van der Waals surface area contributed by atoms with Crippen molar-refractivity contribution in [2.75, 3.05) is 25.7 Å². The van der Waals surface area contributed by atoms with Crippen molar-refractivity contribution in [3.05, 3.63) is 77.4 Å². The van der Waals surface area contributed by atoms with Crippen molar-refractivity contribution in [3.8, 4) is 5.69 Å². The number of allylic oxidation sites excluding steroid dienone is 2. The Balaban J connectivity index is 2.08. The summed E-state index contributed by atoms with van der Waals surface area (Å²) in [5.41, 5.74) is -1.93. The fourth-order valence-corrected chi connectivity index (χ4v) is 3.30. The van der Waals surface area contributed by atoms with E-state index in [4.69, 9.17) is 14.2 Å². The minimum absolute atomic E-state index is 0.00895. The van der Waals surface area contributed by atoms with Crippen molar-refractivity contribution in [2.45, 2.75) is 13.1 Å².